The SMILES string of the molecule is COc1ccc(Cl)cc1NC(=O)CSc1nc2sc(C)cc2c(=O)n1-c1ccccc1. The van der Waals surface area contributed by atoms with Crippen molar-refractivity contribution in [2.24, 2.45) is 0 Å². The summed E-state index contributed by atoms with van der Waals surface area (Å²) in [5.74, 6) is 0.310. The number of methoxy groups -OCH3 is 1. The average molecular weight is 472 g/mol. The number of para-hydroxylation sites is 1. The Bertz CT molecular complexity index is 1320. The molecule has 0 bridgehead atoms. The minimum absolute atomic E-state index is 0.0603. The van der Waals surface area contributed by atoms with Gasteiger partial charge in [-0.15, -0.1) is 11.3 Å². The standard InChI is InChI=1S/C22H18ClN3O3S2/c1-13-10-16-20(31-13)25-22(26(21(16)28)15-6-4-3-5-7-15)30-12-19(27)24-17-11-14(23)8-9-18(17)29-2/h3-11H,12H2,1-2H3,(H,24,27). The van der Waals surface area contributed by atoms with Gasteiger partial charge in [0, 0.05) is 9.90 Å². The lowest BCUT2D eigenvalue weighted by Gasteiger charge is -2.13. The fraction of sp³-hybridized carbons (Fsp3) is 0.136. The lowest BCUT2D eigenvalue weighted by atomic mass is 10.3. The molecule has 2 aromatic heterocycles. The zero-order valence-electron chi connectivity index (χ0n) is 16.7. The van der Waals surface area contributed by atoms with E-state index in [1.54, 1.807) is 22.8 Å². The Kier molecular flexibility index (Phi) is 6.31. The number of carbonyl (C=O) groups excluding carboxylic acids is 1. The molecule has 0 aliphatic rings. The van der Waals surface area contributed by atoms with E-state index in [2.05, 4.69) is 10.3 Å². The molecular formula is C22H18ClN3O3S2. The van der Waals surface area contributed by atoms with Crippen LogP contribution in [-0.4, -0.2) is 28.3 Å². The lowest BCUT2D eigenvalue weighted by molar-refractivity contribution is -0.113. The first-order valence-corrected chi connectivity index (χ1v) is 11.5. The van der Waals surface area contributed by atoms with Crippen molar-refractivity contribution >= 4 is 56.5 Å². The van der Waals surface area contributed by atoms with Crippen molar-refractivity contribution < 1.29 is 9.53 Å². The number of thiophene rings is 1. The van der Waals surface area contributed by atoms with Crippen LogP contribution < -0.4 is 15.6 Å². The monoisotopic (exact) mass is 471 g/mol. The van der Waals surface area contributed by atoms with E-state index in [-0.39, 0.29) is 17.2 Å². The highest BCUT2D eigenvalue weighted by molar-refractivity contribution is 7.99. The second-order valence-electron chi connectivity index (χ2n) is 6.63. The third kappa shape index (κ3) is 4.61. The Morgan fingerprint density at radius 1 is 1.23 bits per heavy atom. The van der Waals surface area contributed by atoms with Crippen LogP contribution in [0.1, 0.15) is 4.88 Å². The number of hydrogen-bond acceptors (Lipinski definition) is 6. The number of nitrogens with one attached hydrogen (secondary N) is 1. The van der Waals surface area contributed by atoms with Gasteiger partial charge in [0.25, 0.3) is 5.56 Å². The van der Waals surface area contributed by atoms with Crippen molar-refractivity contribution in [3.8, 4) is 11.4 Å². The fourth-order valence-corrected chi connectivity index (χ4v) is 4.98. The summed E-state index contributed by atoms with van der Waals surface area (Å²) in [5, 5.41) is 4.32. The van der Waals surface area contributed by atoms with Gasteiger partial charge in [-0.3, -0.25) is 14.2 Å². The van der Waals surface area contributed by atoms with Crippen LogP contribution in [0.2, 0.25) is 5.02 Å². The van der Waals surface area contributed by atoms with Gasteiger partial charge >= 0.3 is 0 Å². The Morgan fingerprint density at radius 3 is 2.74 bits per heavy atom. The van der Waals surface area contributed by atoms with Gasteiger partial charge in [0.1, 0.15) is 10.6 Å². The number of fused-ring (bicyclic) bond motifs is 1. The number of benzene rings is 2. The maximum absolute atomic E-state index is 13.2. The third-order valence-corrected chi connectivity index (χ3v) is 6.56. The first kappa shape index (κ1) is 21.4. The topological polar surface area (TPSA) is 73.2 Å². The molecule has 6 nitrogen and oxygen atoms in total. The molecule has 1 amide bonds. The zero-order valence-corrected chi connectivity index (χ0v) is 19.1. The molecule has 0 saturated heterocycles. The van der Waals surface area contributed by atoms with Crippen LogP contribution in [0.15, 0.2) is 64.5 Å². The van der Waals surface area contributed by atoms with E-state index >= 15 is 0 Å². The molecule has 2 aromatic carbocycles. The molecule has 0 atom stereocenters. The maximum atomic E-state index is 13.2. The van der Waals surface area contributed by atoms with Crippen LogP contribution >= 0.6 is 34.7 Å². The van der Waals surface area contributed by atoms with Crippen LogP contribution in [0.5, 0.6) is 5.75 Å². The van der Waals surface area contributed by atoms with Crippen molar-refractivity contribution in [3.05, 3.63) is 74.9 Å². The molecule has 9 heteroatoms. The highest BCUT2D eigenvalue weighted by Gasteiger charge is 2.17. The summed E-state index contributed by atoms with van der Waals surface area (Å²) in [4.78, 5) is 32.2. The third-order valence-electron chi connectivity index (χ3n) is 4.44. The minimum Gasteiger partial charge on any atom is -0.495 e. The summed E-state index contributed by atoms with van der Waals surface area (Å²) < 4.78 is 6.82. The molecule has 0 aliphatic carbocycles. The van der Waals surface area contributed by atoms with Gasteiger partial charge in [-0.2, -0.15) is 0 Å². The summed E-state index contributed by atoms with van der Waals surface area (Å²) in [7, 11) is 1.52. The number of halogens is 1. The molecular weight excluding hydrogens is 454 g/mol. The van der Waals surface area contributed by atoms with Crippen molar-refractivity contribution in [1.29, 1.82) is 0 Å². The molecule has 31 heavy (non-hydrogen) atoms. The predicted molar refractivity (Wildman–Crippen MR) is 127 cm³/mol. The number of amides is 1. The van der Waals surface area contributed by atoms with Crippen LogP contribution in [0, 0.1) is 6.92 Å². The first-order chi connectivity index (χ1) is 15.0. The molecule has 0 aliphatic heterocycles. The Hall–Kier alpha value is -2.81. The van der Waals surface area contributed by atoms with E-state index in [0.717, 1.165) is 4.88 Å². The zero-order chi connectivity index (χ0) is 22.0. The quantitative estimate of drug-likeness (QED) is 0.311. The van der Waals surface area contributed by atoms with Crippen LogP contribution in [0.25, 0.3) is 15.9 Å². The summed E-state index contributed by atoms with van der Waals surface area (Å²) in [5.41, 5.74) is 1.03. The molecule has 1 N–H and O–H groups in total. The smallest absolute Gasteiger partial charge is 0.267 e. The molecule has 4 rings (SSSR count). The molecule has 0 fully saturated rings. The Balaban J connectivity index is 1.64. The largest absolute Gasteiger partial charge is 0.495 e. The summed E-state index contributed by atoms with van der Waals surface area (Å²) in [6, 6.07) is 16.1. The summed E-state index contributed by atoms with van der Waals surface area (Å²) in [6.07, 6.45) is 0. The number of carbonyl (C=O) groups is 1. The number of rotatable bonds is 6. The Labute approximate surface area is 191 Å². The number of aryl methyl sites for hydroxylation is 1. The van der Waals surface area contributed by atoms with Crippen LogP contribution in [0.4, 0.5) is 5.69 Å². The number of nitrogens with zero attached hydrogens (tertiary/aromatic N) is 2. The minimum atomic E-state index is -0.262. The van der Waals surface area contributed by atoms with E-state index in [9.17, 15) is 9.59 Å². The van der Waals surface area contributed by atoms with Gasteiger partial charge in [0.15, 0.2) is 5.16 Å². The van der Waals surface area contributed by atoms with Crippen LogP contribution in [0.3, 0.4) is 0 Å². The average Bonchev–Trinajstić information content (AvgIpc) is 3.14. The molecule has 2 heterocycles. The number of hydrogen-bond donors (Lipinski definition) is 1. The fourth-order valence-electron chi connectivity index (χ4n) is 3.08. The van der Waals surface area contributed by atoms with Crippen molar-refractivity contribution in [2.45, 2.75) is 12.1 Å². The van der Waals surface area contributed by atoms with Crippen molar-refractivity contribution in [2.75, 3.05) is 18.2 Å². The molecule has 158 valence electrons. The number of anilines is 1. The number of ether oxygens (including phenoxy) is 1. The molecule has 0 radical (unpaired) electrons. The molecule has 0 saturated carbocycles. The van der Waals surface area contributed by atoms with Crippen LogP contribution in [-0.2, 0) is 4.79 Å². The molecule has 0 unspecified atom stereocenters. The van der Waals surface area contributed by atoms with Crippen molar-refractivity contribution in [3.63, 3.8) is 0 Å². The van der Waals surface area contributed by atoms with Gasteiger partial charge in [-0.1, -0.05) is 41.6 Å². The number of aromatic nitrogens is 2. The van der Waals surface area contributed by atoms with E-state index in [0.29, 0.717) is 37.5 Å². The van der Waals surface area contributed by atoms with E-state index < -0.39 is 0 Å². The van der Waals surface area contributed by atoms with Gasteiger partial charge in [0.2, 0.25) is 5.91 Å². The van der Waals surface area contributed by atoms with Crippen molar-refractivity contribution in [1.82, 2.24) is 9.55 Å². The van der Waals surface area contributed by atoms with Gasteiger partial charge in [-0.05, 0) is 43.3 Å². The molecule has 0 spiro atoms. The highest BCUT2D eigenvalue weighted by atomic mass is 35.5. The predicted octanol–water partition coefficient (Wildman–Crippen LogP) is 5.15. The molecule has 4 aromatic rings. The van der Waals surface area contributed by atoms with Gasteiger partial charge in [-0.25, -0.2) is 4.98 Å². The first-order valence-electron chi connectivity index (χ1n) is 9.31. The number of thioether (sulfide) groups is 1. The second-order valence-corrected chi connectivity index (χ2v) is 9.24. The normalized spacial score (nSPS) is 10.9. The van der Waals surface area contributed by atoms with E-state index in [1.807, 2.05) is 43.3 Å². The Morgan fingerprint density at radius 2 is 2.00 bits per heavy atom. The lowest BCUT2D eigenvalue weighted by Crippen LogP contribution is -2.22. The van der Waals surface area contributed by atoms with E-state index in [4.69, 9.17) is 16.3 Å². The van der Waals surface area contributed by atoms with Gasteiger partial charge in [0.05, 0.1) is 29.6 Å². The van der Waals surface area contributed by atoms with Gasteiger partial charge < -0.3 is 10.1 Å². The van der Waals surface area contributed by atoms with E-state index in [1.165, 1.54) is 30.2 Å². The summed E-state index contributed by atoms with van der Waals surface area (Å²) in [6.45, 7) is 1.94. The second kappa shape index (κ2) is 9.13. The summed E-state index contributed by atoms with van der Waals surface area (Å²) >= 11 is 8.69. The maximum Gasteiger partial charge on any atom is 0.267 e. The highest BCUT2D eigenvalue weighted by Crippen LogP contribution is 2.29.